The number of nitrogens with one attached hydrogen (secondary N) is 1. The predicted molar refractivity (Wildman–Crippen MR) is 79.7 cm³/mol. The zero-order valence-corrected chi connectivity index (χ0v) is 12.7. The van der Waals surface area contributed by atoms with Gasteiger partial charge in [-0.1, -0.05) is 23.2 Å². The number of benzene rings is 1. The fourth-order valence-electron chi connectivity index (χ4n) is 1.48. The number of esters is 1. The lowest BCUT2D eigenvalue weighted by Crippen LogP contribution is -2.33. The largest absolute Gasteiger partial charge is 0.469 e. The third kappa shape index (κ3) is 5.63. The van der Waals surface area contributed by atoms with E-state index < -0.39 is 0 Å². The van der Waals surface area contributed by atoms with Crippen LogP contribution in [0.4, 0.5) is 0 Å². The van der Waals surface area contributed by atoms with Crippen LogP contribution in [0.25, 0.3) is 6.08 Å². The normalized spacial score (nSPS) is 12.2. The molecule has 0 saturated carbocycles. The average molecular weight is 316 g/mol. The molecule has 0 spiro atoms. The summed E-state index contributed by atoms with van der Waals surface area (Å²) in [5.41, 5.74) is 0.648. The molecule has 0 aliphatic carbocycles. The summed E-state index contributed by atoms with van der Waals surface area (Å²) in [5, 5.41) is 3.68. The molecule has 0 bridgehead atoms. The summed E-state index contributed by atoms with van der Waals surface area (Å²) in [7, 11) is 1.30. The van der Waals surface area contributed by atoms with Crippen molar-refractivity contribution in [2.45, 2.75) is 19.4 Å². The van der Waals surface area contributed by atoms with Crippen molar-refractivity contribution in [1.29, 1.82) is 0 Å². The van der Waals surface area contributed by atoms with E-state index in [4.69, 9.17) is 23.2 Å². The summed E-state index contributed by atoms with van der Waals surface area (Å²) in [4.78, 5) is 22.7. The molecule has 0 aliphatic heterocycles. The molecular weight excluding hydrogens is 301 g/mol. The summed E-state index contributed by atoms with van der Waals surface area (Å²) in [6, 6.07) is 4.67. The average Bonchev–Trinajstić information content (AvgIpc) is 2.39. The number of rotatable bonds is 5. The van der Waals surface area contributed by atoms with Crippen LogP contribution in [0.1, 0.15) is 18.9 Å². The van der Waals surface area contributed by atoms with Gasteiger partial charge < -0.3 is 10.1 Å². The molecule has 20 heavy (non-hydrogen) atoms. The van der Waals surface area contributed by atoms with Gasteiger partial charge in [0, 0.05) is 22.2 Å². The van der Waals surface area contributed by atoms with Crippen LogP contribution in [0.5, 0.6) is 0 Å². The molecule has 1 aromatic carbocycles. The molecule has 0 aliphatic rings. The second-order valence-electron chi connectivity index (χ2n) is 4.19. The maximum Gasteiger partial charge on any atom is 0.307 e. The first-order chi connectivity index (χ1) is 9.42. The molecule has 0 heterocycles. The Morgan fingerprint density at radius 3 is 2.75 bits per heavy atom. The predicted octanol–water partition coefficient (Wildman–Crippen LogP) is 3.07. The van der Waals surface area contributed by atoms with E-state index in [2.05, 4.69) is 10.1 Å². The molecule has 108 valence electrons. The molecule has 1 unspecified atom stereocenters. The van der Waals surface area contributed by atoms with E-state index in [0.29, 0.717) is 15.6 Å². The van der Waals surface area contributed by atoms with Gasteiger partial charge in [-0.15, -0.1) is 0 Å². The van der Waals surface area contributed by atoms with Crippen molar-refractivity contribution in [3.05, 3.63) is 39.9 Å². The lowest BCUT2D eigenvalue weighted by Gasteiger charge is -2.10. The van der Waals surface area contributed by atoms with Crippen molar-refractivity contribution >= 4 is 41.2 Å². The Balaban J connectivity index is 2.59. The molecule has 0 saturated heterocycles. The molecule has 1 amide bonds. The molecule has 1 N–H and O–H groups in total. The molecule has 1 atom stereocenters. The Kier molecular flexibility index (Phi) is 6.55. The zero-order valence-electron chi connectivity index (χ0n) is 11.2. The molecule has 1 rings (SSSR count). The highest BCUT2D eigenvalue weighted by molar-refractivity contribution is 6.34. The Morgan fingerprint density at radius 1 is 1.40 bits per heavy atom. The van der Waals surface area contributed by atoms with Crippen molar-refractivity contribution in [3.8, 4) is 0 Å². The van der Waals surface area contributed by atoms with Gasteiger partial charge in [-0.05, 0) is 36.8 Å². The Bertz CT molecular complexity index is 529. The van der Waals surface area contributed by atoms with Crippen LogP contribution in [0, 0.1) is 0 Å². The van der Waals surface area contributed by atoms with Gasteiger partial charge in [0.05, 0.1) is 13.5 Å². The van der Waals surface area contributed by atoms with Gasteiger partial charge in [0.1, 0.15) is 0 Å². The van der Waals surface area contributed by atoms with Crippen LogP contribution in [-0.2, 0) is 14.3 Å². The van der Waals surface area contributed by atoms with Gasteiger partial charge in [-0.25, -0.2) is 0 Å². The maximum atomic E-state index is 11.7. The van der Waals surface area contributed by atoms with Gasteiger partial charge >= 0.3 is 5.97 Å². The SMILES string of the molecule is COC(=O)CC(C)NC(=O)/C=C/c1cc(Cl)ccc1Cl. The molecule has 0 radical (unpaired) electrons. The standard InChI is InChI=1S/C14H15Cl2NO3/c1-9(7-14(19)20-2)17-13(18)6-3-10-8-11(15)4-5-12(10)16/h3-6,8-9H,7H2,1-2H3,(H,17,18)/b6-3+. The van der Waals surface area contributed by atoms with E-state index in [1.165, 1.54) is 13.2 Å². The number of amides is 1. The molecule has 0 fully saturated rings. The van der Waals surface area contributed by atoms with Crippen LogP contribution in [-0.4, -0.2) is 25.0 Å². The summed E-state index contributed by atoms with van der Waals surface area (Å²) < 4.78 is 4.52. The fourth-order valence-corrected chi connectivity index (χ4v) is 1.84. The van der Waals surface area contributed by atoms with Gasteiger partial charge in [-0.3, -0.25) is 9.59 Å². The first-order valence-electron chi connectivity index (χ1n) is 5.93. The number of carbonyl (C=O) groups excluding carboxylic acids is 2. The first kappa shape index (κ1) is 16.5. The van der Waals surface area contributed by atoms with Crippen LogP contribution >= 0.6 is 23.2 Å². The van der Waals surface area contributed by atoms with Gasteiger partial charge in [0.15, 0.2) is 0 Å². The maximum absolute atomic E-state index is 11.7. The third-order valence-electron chi connectivity index (χ3n) is 2.46. The van der Waals surface area contributed by atoms with Crippen LogP contribution < -0.4 is 5.32 Å². The fraction of sp³-hybridized carbons (Fsp3) is 0.286. The number of hydrogen-bond donors (Lipinski definition) is 1. The number of carbonyl (C=O) groups is 2. The van der Waals surface area contributed by atoms with E-state index in [1.807, 2.05) is 0 Å². The van der Waals surface area contributed by atoms with Gasteiger partial charge in [-0.2, -0.15) is 0 Å². The highest BCUT2D eigenvalue weighted by atomic mass is 35.5. The number of methoxy groups -OCH3 is 1. The number of halogens is 2. The monoisotopic (exact) mass is 315 g/mol. The van der Waals surface area contributed by atoms with Crippen molar-refractivity contribution < 1.29 is 14.3 Å². The highest BCUT2D eigenvalue weighted by Gasteiger charge is 2.10. The van der Waals surface area contributed by atoms with Crippen molar-refractivity contribution in [2.24, 2.45) is 0 Å². The van der Waals surface area contributed by atoms with E-state index in [-0.39, 0.29) is 24.3 Å². The highest BCUT2D eigenvalue weighted by Crippen LogP contribution is 2.21. The Morgan fingerprint density at radius 2 is 2.10 bits per heavy atom. The van der Waals surface area contributed by atoms with Crippen LogP contribution in [0.2, 0.25) is 10.0 Å². The zero-order chi connectivity index (χ0) is 15.1. The van der Waals surface area contributed by atoms with E-state index in [0.717, 1.165) is 0 Å². The molecule has 1 aromatic rings. The summed E-state index contributed by atoms with van der Waals surface area (Å²) in [6.45, 7) is 1.72. The number of hydrogen-bond acceptors (Lipinski definition) is 3. The quantitative estimate of drug-likeness (QED) is 0.671. The second kappa shape index (κ2) is 7.92. The minimum Gasteiger partial charge on any atom is -0.469 e. The summed E-state index contributed by atoms with van der Waals surface area (Å²) in [5.74, 6) is -0.697. The Hall–Kier alpha value is -1.52. The smallest absolute Gasteiger partial charge is 0.307 e. The lowest BCUT2D eigenvalue weighted by molar-refractivity contribution is -0.141. The van der Waals surface area contributed by atoms with Crippen molar-refractivity contribution in [3.63, 3.8) is 0 Å². The molecular formula is C14H15Cl2NO3. The van der Waals surface area contributed by atoms with Gasteiger partial charge in [0.2, 0.25) is 5.91 Å². The molecule has 0 aromatic heterocycles. The van der Waals surface area contributed by atoms with Crippen molar-refractivity contribution in [2.75, 3.05) is 7.11 Å². The van der Waals surface area contributed by atoms with Crippen LogP contribution in [0.15, 0.2) is 24.3 Å². The molecule has 4 nitrogen and oxygen atoms in total. The minimum absolute atomic E-state index is 0.119. The topological polar surface area (TPSA) is 55.4 Å². The summed E-state index contributed by atoms with van der Waals surface area (Å²) >= 11 is 11.8. The van der Waals surface area contributed by atoms with Crippen molar-refractivity contribution in [1.82, 2.24) is 5.32 Å². The second-order valence-corrected chi connectivity index (χ2v) is 5.03. The lowest BCUT2D eigenvalue weighted by atomic mass is 10.2. The van der Waals surface area contributed by atoms with Gasteiger partial charge in [0.25, 0.3) is 0 Å². The van der Waals surface area contributed by atoms with E-state index in [1.54, 1.807) is 31.2 Å². The van der Waals surface area contributed by atoms with Crippen LogP contribution in [0.3, 0.4) is 0 Å². The number of ether oxygens (including phenoxy) is 1. The minimum atomic E-state index is -0.375. The van der Waals surface area contributed by atoms with E-state index in [9.17, 15) is 9.59 Å². The Labute approximate surface area is 127 Å². The van der Waals surface area contributed by atoms with E-state index >= 15 is 0 Å². The summed E-state index contributed by atoms with van der Waals surface area (Å²) in [6.07, 6.45) is 3.02. The third-order valence-corrected chi connectivity index (χ3v) is 3.04. The first-order valence-corrected chi connectivity index (χ1v) is 6.68. The molecule has 6 heteroatoms.